The Bertz CT molecular complexity index is 390. The smallest absolute Gasteiger partial charge is 0.316 e. The highest BCUT2D eigenvalue weighted by Gasteiger charge is 2.08. The molecular formula is C10H12ClN3O2. The van der Waals surface area contributed by atoms with Crippen molar-refractivity contribution in [1.29, 1.82) is 0 Å². The summed E-state index contributed by atoms with van der Waals surface area (Å²) in [6.07, 6.45) is 0. The molecule has 5 nitrogen and oxygen atoms in total. The molecular weight excluding hydrogens is 230 g/mol. The highest BCUT2D eigenvalue weighted by Crippen LogP contribution is 2.14. The van der Waals surface area contributed by atoms with E-state index in [0.29, 0.717) is 11.4 Å². The van der Waals surface area contributed by atoms with Crippen molar-refractivity contribution in [2.75, 3.05) is 10.6 Å². The van der Waals surface area contributed by atoms with Crippen molar-refractivity contribution >= 4 is 34.9 Å². The average molecular weight is 242 g/mol. The molecule has 3 amide bonds. The van der Waals surface area contributed by atoms with Gasteiger partial charge < -0.3 is 16.4 Å². The summed E-state index contributed by atoms with van der Waals surface area (Å²) in [5.41, 5.74) is 6.11. The second-order valence-corrected chi connectivity index (χ2v) is 3.83. The number of benzene rings is 1. The summed E-state index contributed by atoms with van der Waals surface area (Å²) in [7, 11) is 0. The van der Waals surface area contributed by atoms with Crippen LogP contribution in [0.2, 0.25) is 0 Å². The lowest BCUT2D eigenvalue weighted by atomic mass is 10.2. The highest BCUT2D eigenvalue weighted by atomic mass is 35.5. The Morgan fingerprint density at radius 2 is 1.62 bits per heavy atom. The van der Waals surface area contributed by atoms with Gasteiger partial charge in [0, 0.05) is 11.4 Å². The number of nitrogens with one attached hydrogen (secondary N) is 2. The van der Waals surface area contributed by atoms with Crippen LogP contribution in [0, 0.1) is 0 Å². The molecule has 0 saturated carbocycles. The zero-order chi connectivity index (χ0) is 12.1. The maximum atomic E-state index is 11.2. The molecule has 0 heterocycles. The third-order valence-electron chi connectivity index (χ3n) is 1.78. The number of carbonyl (C=O) groups excluding carboxylic acids is 2. The van der Waals surface area contributed by atoms with E-state index < -0.39 is 11.4 Å². The molecule has 1 rings (SSSR count). The van der Waals surface area contributed by atoms with E-state index in [1.54, 1.807) is 31.2 Å². The minimum atomic E-state index is -0.633. The van der Waals surface area contributed by atoms with Crippen molar-refractivity contribution in [1.82, 2.24) is 0 Å². The fourth-order valence-corrected chi connectivity index (χ4v) is 1.08. The molecule has 1 aromatic rings. The lowest BCUT2D eigenvalue weighted by Crippen LogP contribution is -2.20. The Morgan fingerprint density at radius 3 is 2.00 bits per heavy atom. The van der Waals surface area contributed by atoms with Gasteiger partial charge in [-0.15, -0.1) is 11.6 Å². The first-order valence-corrected chi connectivity index (χ1v) is 5.04. The van der Waals surface area contributed by atoms with E-state index in [1.165, 1.54) is 0 Å². The number of urea groups is 1. The molecule has 0 fully saturated rings. The third-order valence-corrected chi connectivity index (χ3v) is 1.98. The maximum Gasteiger partial charge on any atom is 0.316 e. The van der Waals surface area contributed by atoms with Gasteiger partial charge in [0.2, 0.25) is 5.91 Å². The average Bonchev–Trinajstić information content (AvgIpc) is 2.20. The third kappa shape index (κ3) is 3.78. The van der Waals surface area contributed by atoms with Crippen LogP contribution in [0.1, 0.15) is 6.92 Å². The van der Waals surface area contributed by atoms with Gasteiger partial charge in [-0.05, 0) is 31.2 Å². The number of amides is 3. The van der Waals surface area contributed by atoms with Crippen LogP contribution in [-0.4, -0.2) is 17.3 Å². The summed E-state index contributed by atoms with van der Waals surface area (Å²) >= 11 is 5.59. The summed E-state index contributed by atoms with van der Waals surface area (Å²) in [6, 6.07) is 5.90. The van der Waals surface area contributed by atoms with E-state index in [1.807, 2.05) is 0 Å². The van der Waals surface area contributed by atoms with Gasteiger partial charge in [-0.2, -0.15) is 0 Å². The van der Waals surface area contributed by atoms with Crippen molar-refractivity contribution in [3.05, 3.63) is 24.3 Å². The second kappa shape index (κ2) is 5.37. The first kappa shape index (κ1) is 12.3. The van der Waals surface area contributed by atoms with Crippen LogP contribution >= 0.6 is 11.6 Å². The molecule has 0 bridgehead atoms. The van der Waals surface area contributed by atoms with Gasteiger partial charge in [0.25, 0.3) is 0 Å². The number of nitrogens with two attached hydrogens (primary N) is 1. The second-order valence-electron chi connectivity index (χ2n) is 3.17. The molecule has 0 aliphatic rings. The van der Waals surface area contributed by atoms with Crippen LogP contribution in [0.5, 0.6) is 0 Å². The Morgan fingerprint density at radius 1 is 1.19 bits per heavy atom. The number of carbonyl (C=O) groups is 2. The molecule has 16 heavy (non-hydrogen) atoms. The number of alkyl halides is 1. The van der Waals surface area contributed by atoms with Gasteiger partial charge in [-0.3, -0.25) is 4.79 Å². The van der Waals surface area contributed by atoms with E-state index in [2.05, 4.69) is 10.6 Å². The van der Waals surface area contributed by atoms with E-state index in [4.69, 9.17) is 17.3 Å². The lowest BCUT2D eigenvalue weighted by Gasteiger charge is -2.07. The molecule has 0 radical (unpaired) electrons. The molecule has 0 aliphatic heterocycles. The SMILES string of the molecule is CC(Cl)C(=O)Nc1ccc(NC(N)=O)cc1. The predicted octanol–water partition coefficient (Wildman–Crippen LogP) is 1.74. The van der Waals surface area contributed by atoms with Crippen molar-refractivity contribution in [2.24, 2.45) is 5.73 Å². The number of rotatable bonds is 3. The van der Waals surface area contributed by atoms with Crippen LogP contribution in [-0.2, 0) is 4.79 Å². The van der Waals surface area contributed by atoms with Crippen molar-refractivity contribution in [3.8, 4) is 0 Å². The number of halogens is 1. The van der Waals surface area contributed by atoms with Crippen LogP contribution < -0.4 is 16.4 Å². The summed E-state index contributed by atoms with van der Waals surface area (Å²) < 4.78 is 0. The Labute approximate surface area is 98.0 Å². The molecule has 1 aromatic carbocycles. The predicted molar refractivity (Wildman–Crippen MR) is 63.6 cm³/mol. The Balaban J connectivity index is 2.64. The van der Waals surface area contributed by atoms with Gasteiger partial charge >= 0.3 is 6.03 Å². The quantitative estimate of drug-likeness (QED) is 0.705. The maximum absolute atomic E-state index is 11.2. The first-order valence-electron chi connectivity index (χ1n) is 4.60. The van der Waals surface area contributed by atoms with E-state index in [0.717, 1.165) is 0 Å². The zero-order valence-electron chi connectivity index (χ0n) is 8.66. The van der Waals surface area contributed by atoms with Gasteiger partial charge in [0.15, 0.2) is 0 Å². The number of hydrogen-bond acceptors (Lipinski definition) is 2. The van der Waals surface area contributed by atoms with Gasteiger partial charge in [-0.25, -0.2) is 4.79 Å². The Hall–Kier alpha value is -1.75. The topological polar surface area (TPSA) is 84.2 Å². The van der Waals surface area contributed by atoms with Gasteiger partial charge in [0.1, 0.15) is 5.38 Å². The first-order chi connectivity index (χ1) is 7.49. The summed E-state index contributed by atoms with van der Waals surface area (Å²) in [5.74, 6) is -0.280. The monoisotopic (exact) mass is 241 g/mol. The number of anilines is 2. The summed E-state index contributed by atoms with van der Waals surface area (Å²) in [5, 5.41) is 4.42. The van der Waals surface area contributed by atoms with Gasteiger partial charge in [0.05, 0.1) is 0 Å². The molecule has 0 aromatic heterocycles. The van der Waals surface area contributed by atoms with Crippen LogP contribution in [0.3, 0.4) is 0 Å². The summed E-state index contributed by atoms with van der Waals surface area (Å²) in [4.78, 5) is 21.8. The summed E-state index contributed by atoms with van der Waals surface area (Å²) in [6.45, 7) is 1.58. The van der Waals surface area contributed by atoms with Crippen LogP contribution in [0.15, 0.2) is 24.3 Å². The fourth-order valence-electron chi connectivity index (χ4n) is 1.02. The fraction of sp³-hybridized carbons (Fsp3) is 0.200. The van der Waals surface area contributed by atoms with Crippen molar-refractivity contribution in [2.45, 2.75) is 12.3 Å². The molecule has 0 aliphatic carbocycles. The van der Waals surface area contributed by atoms with E-state index in [9.17, 15) is 9.59 Å². The molecule has 6 heteroatoms. The zero-order valence-corrected chi connectivity index (χ0v) is 9.41. The largest absolute Gasteiger partial charge is 0.351 e. The normalized spacial score (nSPS) is 11.6. The minimum absolute atomic E-state index is 0.280. The van der Waals surface area contributed by atoms with Crippen LogP contribution in [0.25, 0.3) is 0 Å². The molecule has 1 atom stereocenters. The molecule has 0 saturated heterocycles. The lowest BCUT2D eigenvalue weighted by molar-refractivity contribution is -0.115. The van der Waals surface area contributed by atoms with Crippen LogP contribution in [0.4, 0.5) is 16.2 Å². The number of hydrogen-bond donors (Lipinski definition) is 3. The van der Waals surface area contributed by atoms with E-state index >= 15 is 0 Å². The Kier molecular flexibility index (Phi) is 4.13. The molecule has 0 spiro atoms. The van der Waals surface area contributed by atoms with Crippen molar-refractivity contribution in [3.63, 3.8) is 0 Å². The minimum Gasteiger partial charge on any atom is -0.351 e. The molecule has 4 N–H and O–H groups in total. The van der Waals surface area contributed by atoms with Gasteiger partial charge in [-0.1, -0.05) is 0 Å². The molecule has 86 valence electrons. The highest BCUT2D eigenvalue weighted by molar-refractivity contribution is 6.32. The standard InChI is InChI=1S/C10H12ClN3O2/c1-6(11)9(15)13-7-2-4-8(5-3-7)14-10(12)16/h2-6H,1H3,(H,13,15)(H3,12,14,16). The van der Waals surface area contributed by atoms with Crippen molar-refractivity contribution < 1.29 is 9.59 Å². The van der Waals surface area contributed by atoms with E-state index in [-0.39, 0.29) is 5.91 Å². The molecule has 1 unspecified atom stereocenters. The number of primary amides is 1.